The molecule has 0 radical (unpaired) electrons. The van der Waals surface area contributed by atoms with Gasteiger partial charge in [0.15, 0.2) is 11.5 Å². The molecular weight excluding hydrogens is 358 g/mol. The van der Waals surface area contributed by atoms with Gasteiger partial charge in [-0.1, -0.05) is 18.2 Å². The molecule has 1 heterocycles. The predicted molar refractivity (Wildman–Crippen MR) is 93.2 cm³/mol. The maximum atomic E-state index is 12.5. The van der Waals surface area contributed by atoms with Crippen LogP contribution in [0.1, 0.15) is 18.4 Å². The van der Waals surface area contributed by atoms with Crippen molar-refractivity contribution in [2.75, 3.05) is 20.8 Å². The van der Waals surface area contributed by atoms with E-state index in [-0.39, 0.29) is 41.8 Å². The van der Waals surface area contributed by atoms with E-state index in [4.69, 9.17) is 4.74 Å². The fourth-order valence-electron chi connectivity index (χ4n) is 3.62. The second kappa shape index (κ2) is 8.04. The van der Waals surface area contributed by atoms with Gasteiger partial charge in [-0.05, 0) is 37.6 Å². The van der Waals surface area contributed by atoms with Gasteiger partial charge in [0.1, 0.15) is 0 Å². The summed E-state index contributed by atoms with van der Waals surface area (Å²) >= 11 is 0. The highest BCUT2D eigenvalue weighted by atomic mass is 19.3. The predicted octanol–water partition coefficient (Wildman–Crippen LogP) is 2.64. The van der Waals surface area contributed by atoms with E-state index in [1.54, 1.807) is 19.2 Å². The van der Waals surface area contributed by atoms with Crippen molar-refractivity contribution >= 4 is 11.8 Å². The topological polar surface area (TPSA) is 59.1 Å². The van der Waals surface area contributed by atoms with Crippen LogP contribution in [-0.4, -0.2) is 49.1 Å². The second-order valence-corrected chi connectivity index (χ2v) is 6.78. The molecule has 0 bridgehead atoms. The molecule has 2 aliphatic rings. The van der Waals surface area contributed by atoms with E-state index < -0.39 is 6.61 Å². The fourth-order valence-corrected chi connectivity index (χ4v) is 3.62. The quantitative estimate of drug-likeness (QED) is 0.538. The van der Waals surface area contributed by atoms with Gasteiger partial charge in [-0.25, -0.2) is 0 Å². The number of methoxy groups -OCH3 is 1. The first-order valence-corrected chi connectivity index (χ1v) is 8.71. The lowest BCUT2D eigenvalue weighted by molar-refractivity contribution is -0.142. The van der Waals surface area contributed by atoms with Crippen molar-refractivity contribution in [3.63, 3.8) is 0 Å². The summed E-state index contributed by atoms with van der Waals surface area (Å²) in [5, 5.41) is 0. The lowest BCUT2D eigenvalue weighted by atomic mass is 9.85. The number of carbonyl (C=O) groups excluding carboxylic acids is 2. The minimum Gasteiger partial charge on any atom is -0.493 e. The van der Waals surface area contributed by atoms with Crippen LogP contribution >= 0.6 is 0 Å². The van der Waals surface area contributed by atoms with Gasteiger partial charge >= 0.3 is 6.61 Å². The Morgan fingerprint density at radius 2 is 1.78 bits per heavy atom. The van der Waals surface area contributed by atoms with Crippen LogP contribution in [0.15, 0.2) is 30.4 Å². The van der Waals surface area contributed by atoms with Crippen molar-refractivity contribution in [2.45, 2.75) is 26.0 Å². The maximum absolute atomic E-state index is 12.5. The van der Waals surface area contributed by atoms with E-state index in [0.717, 1.165) is 5.56 Å². The maximum Gasteiger partial charge on any atom is 0.387 e. The molecule has 3 rings (SSSR count). The summed E-state index contributed by atoms with van der Waals surface area (Å²) in [4.78, 5) is 28.2. The Bertz CT molecular complexity index is 727. The van der Waals surface area contributed by atoms with Crippen molar-refractivity contribution in [1.29, 1.82) is 0 Å². The number of halogens is 2. The molecule has 0 spiro atoms. The van der Waals surface area contributed by atoms with Crippen molar-refractivity contribution in [3.05, 3.63) is 35.9 Å². The number of hydrogen-bond acceptors (Lipinski definition) is 5. The van der Waals surface area contributed by atoms with Crippen LogP contribution < -0.4 is 9.47 Å². The van der Waals surface area contributed by atoms with E-state index in [1.165, 1.54) is 18.1 Å². The number of benzene rings is 1. The molecule has 0 saturated carbocycles. The summed E-state index contributed by atoms with van der Waals surface area (Å²) in [6.45, 7) is -2.34. The zero-order valence-corrected chi connectivity index (χ0v) is 15.2. The highest BCUT2D eigenvalue weighted by Gasteiger charge is 2.47. The summed E-state index contributed by atoms with van der Waals surface area (Å²) in [5.74, 6) is -0.588. The third kappa shape index (κ3) is 4.10. The molecule has 2 amide bonds. The van der Waals surface area contributed by atoms with Crippen LogP contribution in [0.2, 0.25) is 0 Å². The molecule has 0 unspecified atom stereocenters. The van der Waals surface area contributed by atoms with Crippen molar-refractivity contribution in [2.24, 2.45) is 11.8 Å². The third-order valence-electron chi connectivity index (χ3n) is 4.88. The summed E-state index contributed by atoms with van der Waals surface area (Å²) < 4.78 is 34.3. The van der Waals surface area contributed by atoms with Gasteiger partial charge in [-0.2, -0.15) is 8.78 Å². The van der Waals surface area contributed by atoms with Gasteiger partial charge in [-0.3, -0.25) is 19.4 Å². The highest BCUT2D eigenvalue weighted by molar-refractivity contribution is 6.05. The summed E-state index contributed by atoms with van der Waals surface area (Å²) in [6.07, 6.45) is 5.13. The van der Waals surface area contributed by atoms with Crippen LogP contribution in [0.5, 0.6) is 11.5 Å². The van der Waals surface area contributed by atoms with Crippen molar-refractivity contribution in [1.82, 2.24) is 9.80 Å². The van der Waals surface area contributed by atoms with Crippen LogP contribution in [0.25, 0.3) is 0 Å². The smallest absolute Gasteiger partial charge is 0.387 e. The van der Waals surface area contributed by atoms with Crippen LogP contribution in [-0.2, 0) is 16.1 Å². The zero-order valence-electron chi connectivity index (χ0n) is 15.2. The summed E-state index contributed by atoms with van der Waals surface area (Å²) in [7, 11) is 3.16. The third-order valence-corrected chi connectivity index (χ3v) is 4.88. The molecule has 1 fully saturated rings. The number of rotatable bonds is 7. The van der Waals surface area contributed by atoms with Gasteiger partial charge in [0.05, 0.1) is 25.6 Å². The van der Waals surface area contributed by atoms with Crippen molar-refractivity contribution in [3.8, 4) is 11.5 Å². The van der Waals surface area contributed by atoms with Gasteiger partial charge in [0.25, 0.3) is 0 Å². The molecule has 0 N–H and O–H groups in total. The fraction of sp³-hybridized carbons (Fsp3) is 0.474. The molecule has 1 aromatic carbocycles. The van der Waals surface area contributed by atoms with E-state index >= 15 is 0 Å². The number of nitrogens with zero attached hydrogens (tertiary/aromatic N) is 2. The summed E-state index contributed by atoms with van der Waals surface area (Å²) in [5.41, 5.74) is 0.786. The first-order valence-electron chi connectivity index (χ1n) is 8.71. The molecule has 1 aliphatic heterocycles. The Labute approximate surface area is 156 Å². The summed E-state index contributed by atoms with van der Waals surface area (Å²) in [6, 6.07) is 4.67. The number of allylic oxidation sites excluding steroid dienone is 2. The first-order chi connectivity index (χ1) is 12.9. The second-order valence-electron chi connectivity index (χ2n) is 6.78. The lowest BCUT2D eigenvalue weighted by Gasteiger charge is -2.23. The lowest BCUT2D eigenvalue weighted by Crippen LogP contribution is -2.40. The minimum atomic E-state index is -2.93. The number of ether oxygens (including phenoxy) is 2. The number of likely N-dealkylation sites (tertiary alicyclic amines) is 1. The normalized spacial score (nSPS) is 21.9. The van der Waals surface area contributed by atoms with E-state index in [1.807, 2.05) is 17.1 Å². The minimum absolute atomic E-state index is 0.0413. The molecule has 2 atom stereocenters. The first kappa shape index (κ1) is 19.3. The van der Waals surface area contributed by atoms with Crippen LogP contribution in [0, 0.1) is 11.8 Å². The Hall–Kier alpha value is -2.48. The molecule has 0 aromatic heterocycles. The van der Waals surface area contributed by atoms with Gasteiger partial charge in [-0.15, -0.1) is 0 Å². The molecule has 6 nitrogen and oxygen atoms in total. The molecular formula is C19H22F2N2O4. The Balaban J connectivity index is 1.65. The molecule has 146 valence electrons. The molecule has 8 heteroatoms. The van der Waals surface area contributed by atoms with Crippen molar-refractivity contribution < 1.29 is 27.8 Å². The number of hydrogen-bond donors (Lipinski definition) is 0. The highest BCUT2D eigenvalue weighted by Crippen LogP contribution is 2.35. The Morgan fingerprint density at radius 3 is 2.33 bits per heavy atom. The monoisotopic (exact) mass is 380 g/mol. The average Bonchev–Trinajstić information content (AvgIpc) is 2.88. The SMILES string of the molecule is COc1cc(CN(C)CN2C(=O)[C@H]3CC=CC[C@H]3C2=O)ccc1OC(F)F. The van der Waals surface area contributed by atoms with Gasteiger partial charge in [0, 0.05) is 6.54 Å². The Kier molecular flexibility index (Phi) is 5.74. The molecule has 1 saturated heterocycles. The standard InChI is InChI=1S/C19H22F2N2O4/c1-22(10-12-7-8-15(27-19(20)21)16(9-12)26-2)11-23-17(24)13-5-3-4-6-14(13)18(23)25/h3-4,7-9,13-14,19H,5-6,10-11H2,1-2H3/t13-,14+. The number of fused-ring (bicyclic) bond motifs is 1. The average molecular weight is 380 g/mol. The molecule has 1 aliphatic carbocycles. The van der Waals surface area contributed by atoms with E-state index in [9.17, 15) is 18.4 Å². The number of carbonyl (C=O) groups is 2. The van der Waals surface area contributed by atoms with E-state index in [2.05, 4.69) is 4.74 Å². The molecule has 1 aromatic rings. The zero-order chi connectivity index (χ0) is 19.6. The van der Waals surface area contributed by atoms with Crippen LogP contribution in [0.3, 0.4) is 0 Å². The van der Waals surface area contributed by atoms with Crippen LogP contribution in [0.4, 0.5) is 8.78 Å². The van der Waals surface area contributed by atoms with E-state index in [0.29, 0.717) is 19.4 Å². The number of imide groups is 1. The number of amides is 2. The Morgan fingerprint density at radius 1 is 1.15 bits per heavy atom. The van der Waals surface area contributed by atoms with Gasteiger partial charge in [0.2, 0.25) is 11.8 Å². The molecule has 27 heavy (non-hydrogen) atoms. The largest absolute Gasteiger partial charge is 0.493 e. The number of alkyl halides is 2. The van der Waals surface area contributed by atoms with Gasteiger partial charge < -0.3 is 9.47 Å².